The van der Waals surface area contributed by atoms with Crippen LogP contribution >= 0.6 is 0 Å². The topological polar surface area (TPSA) is 15.3 Å². The van der Waals surface area contributed by atoms with Crippen molar-refractivity contribution < 1.29 is 0 Å². The molecule has 2 saturated heterocycles. The van der Waals surface area contributed by atoms with Crippen molar-refractivity contribution in [2.45, 2.75) is 76.7 Å². The van der Waals surface area contributed by atoms with Crippen LogP contribution in [-0.2, 0) is 0 Å². The highest BCUT2D eigenvalue weighted by Gasteiger charge is 2.38. The minimum absolute atomic E-state index is 0.455. The van der Waals surface area contributed by atoms with Gasteiger partial charge in [0.1, 0.15) is 0 Å². The first-order chi connectivity index (χ1) is 9.26. The van der Waals surface area contributed by atoms with Crippen LogP contribution in [0.15, 0.2) is 0 Å². The molecule has 2 aliphatic heterocycles. The summed E-state index contributed by atoms with van der Waals surface area (Å²) in [5, 5.41) is 3.80. The van der Waals surface area contributed by atoms with Crippen molar-refractivity contribution in [2.24, 2.45) is 5.41 Å². The molecule has 1 N–H and O–H groups in total. The lowest BCUT2D eigenvalue weighted by atomic mass is 9.68. The molecule has 3 rings (SSSR count). The zero-order valence-electron chi connectivity index (χ0n) is 12.8. The molecule has 0 amide bonds. The third-order valence-corrected chi connectivity index (χ3v) is 6.37. The monoisotopic (exact) mass is 264 g/mol. The maximum Gasteiger partial charge on any atom is 0.0306 e. The number of piperidine rings is 1. The number of nitrogens with one attached hydrogen (secondary N) is 1. The highest BCUT2D eigenvalue weighted by molar-refractivity contribution is 4.96. The largest absolute Gasteiger partial charge is 0.310 e. The van der Waals surface area contributed by atoms with Crippen LogP contribution in [0.3, 0.4) is 0 Å². The van der Waals surface area contributed by atoms with Crippen molar-refractivity contribution in [2.75, 3.05) is 26.2 Å². The van der Waals surface area contributed by atoms with Crippen molar-refractivity contribution in [1.82, 2.24) is 10.2 Å². The van der Waals surface area contributed by atoms with E-state index in [2.05, 4.69) is 17.1 Å². The van der Waals surface area contributed by atoms with Gasteiger partial charge >= 0.3 is 0 Å². The molecule has 1 spiro atoms. The Morgan fingerprint density at radius 2 is 1.63 bits per heavy atom. The van der Waals surface area contributed by atoms with E-state index >= 15 is 0 Å². The molecular formula is C17H32N2. The van der Waals surface area contributed by atoms with E-state index in [0.717, 1.165) is 5.41 Å². The Hall–Kier alpha value is -0.0800. The maximum atomic E-state index is 3.80. The standard InChI is InChI=1S/C17H32N2/c1-2-17(9-6-12-18-17)15-19-13-10-16(11-14-19)7-4-3-5-8-16/h18H,2-15H2,1H3. The Labute approximate surface area is 119 Å². The van der Waals surface area contributed by atoms with Crippen LogP contribution in [-0.4, -0.2) is 36.6 Å². The molecular weight excluding hydrogens is 232 g/mol. The molecule has 3 fully saturated rings. The van der Waals surface area contributed by atoms with Gasteiger partial charge in [-0.05, 0) is 70.0 Å². The lowest BCUT2D eigenvalue weighted by Gasteiger charge is -2.46. The second-order valence-electron chi connectivity index (χ2n) is 7.50. The van der Waals surface area contributed by atoms with Gasteiger partial charge in [-0.2, -0.15) is 0 Å². The van der Waals surface area contributed by atoms with Gasteiger partial charge in [-0.3, -0.25) is 0 Å². The van der Waals surface area contributed by atoms with Crippen LogP contribution in [0.5, 0.6) is 0 Å². The summed E-state index contributed by atoms with van der Waals surface area (Å²) < 4.78 is 0. The van der Waals surface area contributed by atoms with Crippen LogP contribution < -0.4 is 5.32 Å². The van der Waals surface area contributed by atoms with Crippen molar-refractivity contribution >= 4 is 0 Å². The summed E-state index contributed by atoms with van der Waals surface area (Å²) in [5.74, 6) is 0. The van der Waals surface area contributed by atoms with Crippen LogP contribution in [0.2, 0.25) is 0 Å². The molecule has 1 atom stereocenters. The van der Waals surface area contributed by atoms with Gasteiger partial charge in [-0.15, -0.1) is 0 Å². The van der Waals surface area contributed by atoms with Gasteiger partial charge in [-0.1, -0.05) is 26.2 Å². The Kier molecular flexibility index (Phi) is 4.19. The summed E-state index contributed by atoms with van der Waals surface area (Å²) in [4.78, 5) is 2.77. The smallest absolute Gasteiger partial charge is 0.0306 e. The summed E-state index contributed by atoms with van der Waals surface area (Å²) in [7, 11) is 0. The molecule has 0 aromatic rings. The Balaban J connectivity index is 1.52. The molecule has 1 unspecified atom stereocenters. The highest BCUT2D eigenvalue weighted by atomic mass is 15.2. The predicted octanol–water partition coefficient (Wildman–Crippen LogP) is 3.56. The van der Waals surface area contributed by atoms with E-state index in [0.29, 0.717) is 5.54 Å². The van der Waals surface area contributed by atoms with Crippen molar-refractivity contribution in [3.63, 3.8) is 0 Å². The van der Waals surface area contributed by atoms with E-state index in [1.54, 1.807) is 0 Å². The van der Waals surface area contributed by atoms with Crippen LogP contribution in [0, 0.1) is 5.41 Å². The normalized spacial score (nSPS) is 35.8. The molecule has 2 heterocycles. The third-order valence-electron chi connectivity index (χ3n) is 6.37. The Morgan fingerprint density at radius 1 is 0.895 bits per heavy atom. The van der Waals surface area contributed by atoms with Crippen LogP contribution in [0.25, 0.3) is 0 Å². The Bertz CT molecular complexity index is 278. The van der Waals surface area contributed by atoms with E-state index < -0.39 is 0 Å². The first-order valence-electron chi connectivity index (χ1n) is 8.73. The lowest BCUT2D eigenvalue weighted by molar-refractivity contribution is 0.0526. The molecule has 0 bridgehead atoms. The predicted molar refractivity (Wildman–Crippen MR) is 81.5 cm³/mol. The SMILES string of the molecule is CCC1(CN2CCC3(CCCCC3)CC2)CCCN1. The highest BCUT2D eigenvalue weighted by Crippen LogP contribution is 2.44. The maximum absolute atomic E-state index is 3.80. The lowest BCUT2D eigenvalue weighted by Crippen LogP contribution is -2.52. The number of likely N-dealkylation sites (tertiary alicyclic amines) is 1. The minimum Gasteiger partial charge on any atom is -0.310 e. The van der Waals surface area contributed by atoms with E-state index in [4.69, 9.17) is 0 Å². The fourth-order valence-corrected chi connectivity index (χ4v) is 4.83. The molecule has 1 aliphatic carbocycles. The zero-order chi connectivity index (χ0) is 13.2. The number of nitrogens with zero attached hydrogens (tertiary/aromatic N) is 1. The first kappa shape index (κ1) is 13.9. The second-order valence-corrected chi connectivity index (χ2v) is 7.50. The average Bonchev–Trinajstić information content (AvgIpc) is 2.92. The van der Waals surface area contributed by atoms with Gasteiger partial charge in [0.2, 0.25) is 0 Å². The molecule has 0 aromatic carbocycles. The van der Waals surface area contributed by atoms with Gasteiger partial charge in [0.05, 0.1) is 0 Å². The molecule has 3 aliphatic rings. The average molecular weight is 264 g/mol. The fraction of sp³-hybridized carbons (Fsp3) is 1.00. The molecule has 0 radical (unpaired) electrons. The van der Waals surface area contributed by atoms with E-state index in [9.17, 15) is 0 Å². The quantitative estimate of drug-likeness (QED) is 0.838. The molecule has 110 valence electrons. The molecule has 1 saturated carbocycles. The summed E-state index contributed by atoms with van der Waals surface area (Å²) in [6, 6.07) is 0. The fourth-order valence-electron chi connectivity index (χ4n) is 4.83. The molecule has 2 nitrogen and oxygen atoms in total. The van der Waals surface area contributed by atoms with Gasteiger partial charge < -0.3 is 10.2 Å². The van der Waals surface area contributed by atoms with E-state index in [-0.39, 0.29) is 0 Å². The first-order valence-corrected chi connectivity index (χ1v) is 8.73. The molecule has 19 heavy (non-hydrogen) atoms. The number of hydrogen-bond acceptors (Lipinski definition) is 2. The second kappa shape index (κ2) is 5.73. The molecule has 2 heteroatoms. The minimum atomic E-state index is 0.455. The van der Waals surface area contributed by atoms with Crippen molar-refractivity contribution in [1.29, 1.82) is 0 Å². The van der Waals surface area contributed by atoms with Crippen molar-refractivity contribution in [3.8, 4) is 0 Å². The van der Waals surface area contributed by atoms with E-state index in [1.807, 2.05) is 0 Å². The Morgan fingerprint density at radius 3 is 2.21 bits per heavy atom. The van der Waals surface area contributed by atoms with Gasteiger partial charge in [-0.25, -0.2) is 0 Å². The van der Waals surface area contributed by atoms with Crippen LogP contribution in [0.1, 0.15) is 71.1 Å². The zero-order valence-corrected chi connectivity index (χ0v) is 12.8. The number of rotatable bonds is 3. The summed E-state index contributed by atoms with van der Waals surface area (Å²) in [5.41, 5.74) is 1.22. The van der Waals surface area contributed by atoms with Gasteiger partial charge in [0, 0.05) is 12.1 Å². The third kappa shape index (κ3) is 3.00. The van der Waals surface area contributed by atoms with Gasteiger partial charge in [0.25, 0.3) is 0 Å². The van der Waals surface area contributed by atoms with Crippen molar-refractivity contribution in [3.05, 3.63) is 0 Å². The van der Waals surface area contributed by atoms with Crippen LogP contribution in [0.4, 0.5) is 0 Å². The summed E-state index contributed by atoms with van der Waals surface area (Å²) >= 11 is 0. The molecule has 0 aromatic heterocycles. The summed E-state index contributed by atoms with van der Waals surface area (Å²) in [6.07, 6.45) is 14.6. The number of hydrogen-bond donors (Lipinski definition) is 1. The summed E-state index contributed by atoms with van der Waals surface area (Å²) in [6.45, 7) is 7.64. The van der Waals surface area contributed by atoms with Gasteiger partial charge in [0.15, 0.2) is 0 Å². The van der Waals surface area contributed by atoms with E-state index in [1.165, 1.54) is 90.4 Å².